The van der Waals surface area contributed by atoms with Gasteiger partial charge in [-0.05, 0) is 58.7 Å². The van der Waals surface area contributed by atoms with E-state index in [0.717, 1.165) is 19.1 Å². The fourth-order valence-electron chi connectivity index (χ4n) is 1.52. The minimum absolute atomic E-state index is 0.125. The fraction of sp³-hybridized carbons (Fsp3) is 0.417. The highest BCUT2D eigenvalue weighted by Gasteiger charge is 2.06. The smallest absolute Gasteiger partial charge is 0.123 e. The highest BCUT2D eigenvalue weighted by Crippen LogP contribution is 2.17. The van der Waals surface area contributed by atoms with Crippen LogP contribution in [0.1, 0.15) is 25.0 Å². The van der Waals surface area contributed by atoms with E-state index in [1.54, 1.807) is 0 Å². The summed E-state index contributed by atoms with van der Waals surface area (Å²) in [6.07, 6.45) is 2.93. The number of halogens is 1. The van der Waals surface area contributed by atoms with Crippen LogP contribution in [0, 0.1) is 9.49 Å². The van der Waals surface area contributed by atoms with E-state index in [-0.39, 0.29) is 5.92 Å². The molecule has 0 aromatic heterocycles. The Morgan fingerprint density at radius 3 is 2.71 bits per heavy atom. The molecule has 1 aromatic rings. The van der Waals surface area contributed by atoms with E-state index in [9.17, 15) is 4.79 Å². The lowest BCUT2D eigenvalue weighted by molar-refractivity contribution is -0.110. The molecule has 0 saturated heterocycles. The summed E-state index contributed by atoms with van der Waals surface area (Å²) >= 11 is 2.32. The summed E-state index contributed by atoms with van der Waals surface area (Å²) in [6, 6.07) is 6.45. The lowest BCUT2D eigenvalue weighted by Gasteiger charge is -2.09. The molecule has 14 heavy (non-hydrogen) atoms. The Morgan fingerprint density at radius 1 is 1.43 bits per heavy atom. The molecular formula is C12H15IO. The van der Waals surface area contributed by atoms with Gasteiger partial charge in [0, 0.05) is 9.49 Å². The van der Waals surface area contributed by atoms with Crippen molar-refractivity contribution in [1.82, 2.24) is 0 Å². The van der Waals surface area contributed by atoms with Crippen molar-refractivity contribution in [3.8, 4) is 0 Å². The normalized spacial score (nSPS) is 12.5. The number of hydrogen-bond acceptors (Lipinski definition) is 1. The summed E-state index contributed by atoms with van der Waals surface area (Å²) in [5.74, 6) is 0.125. The predicted octanol–water partition coefficient (Wildman–Crippen LogP) is 3.23. The molecule has 0 N–H and O–H groups in total. The third kappa shape index (κ3) is 3.08. The first-order valence-electron chi connectivity index (χ1n) is 4.90. The first-order valence-corrected chi connectivity index (χ1v) is 5.97. The van der Waals surface area contributed by atoms with Crippen molar-refractivity contribution in [2.24, 2.45) is 5.92 Å². The lowest BCUT2D eigenvalue weighted by atomic mass is 9.96. The minimum atomic E-state index is 0.125. The molecule has 1 unspecified atom stereocenters. The van der Waals surface area contributed by atoms with E-state index < -0.39 is 0 Å². The standard InChI is InChI=1S/C12H15IO/c1-3-10-7-12(13)5-4-11(10)6-9(2)8-14/h4-5,7-9H,3,6H2,1-2H3. The molecule has 0 aliphatic rings. The van der Waals surface area contributed by atoms with E-state index in [1.165, 1.54) is 14.7 Å². The molecule has 0 radical (unpaired) electrons. The van der Waals surface area contributed by atoms with E-state index in [2.05, 4.69) is 47.7 Å². The van der Waals surface area contributed by atoms with Crippen LogP contribution >= 0.6 is 22.6 Å². The van der Waals surface area contributed by atoms with Gasteiger partial charge in [0.05, 0.1) is 0 Å². The molecular weight excluding hydrogens is 287 g/mol. The quantitative estimate of drug-likeness (QED) is 0.616. The summed E-state index contributed by atoms with van der Waals surface area (Å²) < 4.78 is 1.27. The monoisotopic (exact) mass is 302 g/mol. The van der Waals surface area contributed by atoms with Gasteiger partial charge in [0.1, 0.15) is 6.29 Å². The second-order valence-electron chi connectivity index (χ2n) is 3.58. The molecule has 0 heterocycles. The maximum Gasteiger partial charge on any atom is 0.123 e. The van der Waals surface area contributed by atoms with Gasteiger partial charge < -0.3 is 4.79 Å². The summed E-state index contributed by atoms with van der Waals surface area (Å²) in [5.41, 5.74) is 2.68. The van der Waals surface area contributed by atoms with Crippen molar-refractivity contribution in [3.05, 3.63) is 32.9 Å². The Kier molecular flexibility index (Phi) is 4.58. The van der Waals surface area contributed by atoms with Crippen molar-refractivity contribution >= 4 is 28.9 Å². The fourth-order valence-corrected chi connectivity index (χ4v) is 2.07. The number of aldehydes is 1. The molecule has 1 rings (SSSR count). The third-order valence-electron chi connectivity index (χ3n) is 2.32. The lowest BCUT2D eigenvalue weighted by Crippen LogP contribution is -2.03. The molecule has 1 aromatic carbocycles. The summed E-state index contributed by atoms with van der Waals surface area (Å²) in [6.45, 7) is 4.12. The average Bonchev–Trinajstić information content (AvgIpc) is 2.20. The highest BCUT2D eigenvalue weighted by molar-refractivity contribution is 14.1. The summed E-state index contributed by atoms with van der Waals surface area (Å²) in [7, 11) is 0. The van der Waals surface area contributed by atoms with Crippen LogP contribution in [0.15, 0.2) is 18.2 Å². The van der Waals surface area contributed by atoms with Gasteiger partial charge in [0.25, 0.3) is 0 Å². The Bertz CT molecular complexity index is 320. The largest absolute Gasteiger partial charge is 0.303 e. The van der Waals surface area contributed by atoms with Crippen molar-refractivity contribution in [1.29, 1.82) is 0 Å². The molecule has 0 saturated carbocycles. The molecule has 0 amide bonds. The molecule has 0 aliphatic carbocycles. The molecule has 2 heteroatoms. The zero-order chi connectivity index (χ0) is 10.6. The summed E-state index contributed by atoms with van der Waals surface area (Å²) in [4.78, 5) is 10.6. The molecule has 1 nitrogen and oxygen atoms in total. The predicted molar refractivity (Wildman–Crippen MR) is 67.5 cm³/mol. The van der Waals surface area contributed by atoms with Crippen LogP contribution in [0.5, 0.6) is 0 Å². The second kappa shape index (κ2) is 5.49. The highest BCUT2D eigenvalue weighted by atomic mass is 127. The van der Waals surface area contributed by atoms with Gasteiger partial charge >= 0.3 is 0 Å². The van der Waals surface area contributed by atoms with E-state index in [1.807, 2.05) is 6.92 Å². The second-order valence-corrected chi connectivity index (χ2v) is 4.83. The van der Waals surface area contributed by atoms with Gasteiger partial charge in [-0.1, -0.05) is 19.9 Å². The van der Waals surface area contributed by atoms with Gasteiger partial charge in [0.2, 0.25) is 0 Å². The van der Waals surface area contributed by atoms with Gasteiger partial charge in [-0.15, -0.1) is 0 Å². The topological polar surface area (TPSA) is 17.1 Å². The van der Waals surface area contributed by atoms with Crippen molar-refractivity contribution < 1.29 is 4.79 Å². The third-order valence-corrected chi connectivity index (χ3v) is 2.99. The number of rotatable bonds is 4. The maximum atomic E-state index is 10.6. The van der Waals surface area contributed by atoms with Gasteiger partial charge in [0.15, 0.2) is 0 Å². The van der Waals surface area contributed by atoms with Crippen LogP contribution in [-0.4, -0.2) is 6.29 Å². The zero-order valence-corrected chi connectivity index (χ0v) is 10.7. The van der Waals surface area contributed by atoms with Crippen LogP contribution < -0.4 is 0 Å². The number of benzene rings is 1. The molecule has 76 valence electrons. The Hall–Kier alpha value is -0.380. The molecule has 1 atom stereocenters. The first-order chi connectivity index (χ1) is 6.67. The van der Waals surface area contributed by atoms with Crippen molar-refractivity contribution in [2.75, 3.05) is 0 Å². The van der Waals surface area contributed by atoms with Crippen molar-refractivity contribution in [2.45, 2.75) is 26.7 Å². The Balaban J connectivity index is 2.90. The van der Waals surface area contributed by atoms with Gasteiger partial charge in [-0.2, -0.15) is 0 Å². The first kappa shape index (κ1) is 11.7. The van der Waals surface area contributed by atoms with Crippen LogP contribution in [0.2, 0.25) is 0 Å². The maximum absolute atomic E-state index is 10.6. The SMILES string of the molecule is CCc1cc(I)ccc1CC(C)C=O. The summed E-state index contributed by atoms with van der Waals surface area (Å²) in [5, 5.41) is 0. The van der Waals surface area contributed by atoms with E-state index in [4.69, 9.17) is 0 Å². The minimum Gasteiger partial charge on any atom is -0.303 e. The molecule has 0 spiro atoms. The van der Waals surface area contributed by atoms with Crippen LogP contribution in [0.3, 0.4) is 0 Å². The molecule has 0 bridgehead atoms. The van der Waals surface area contributed by atoms with Crippen LogP contribution in [-0.2, 0) is 17.6 Å². The van der Waals surface area contributed by atoms with Gasteiger partial charge in [-0.3, -0.25) is 0 Å². The van der Waals surface area contributed by atoms with Crippen LogP contribution in [0.25, 0.3) is 0 Å². The number of aryl methyl sites for hydroxylation is 1. The average molecular weight is 302 g/mol. The number of carbonyl (C=O) groups is 1. The zero-order valence-electron chi connectivity index (χ0n) is 8.59. The Morgan fingerprint density at radius 2 is 2.14 bits per heavy atom. The number of hydrogen-bond donors (Lipinski definition) is 0. The van der Waals surface area contributed by atoms with Crippen LogP contribution in [0.4, 0.5) is 0 Å². The van der Waals surface area contributed by atoms with E-state index in [0.29, 0.717) is 0 Å². The Labute approximate surface area is 99.0 Å². The van der Waals surface area contributed by atoms with Gasteiger partial charge in [-0.25, -0.2) is 0 Å². The molecule has 0 aliphatic heterocycles. The number of carbonyl (C=O) groups excluding carboxylic acids is 1. The molecule has 0 fully saturated rings. The van der Waals surface area contributed by atoms with Crippen molar-refractivity contribution in [3.63, 3.8) is 0 Å². The van der Waals surface area contributed by atoms with E-state index >= 15 is 0 Å².